The molecule has 1 atom stereocenters. The van der Waals surface area contributed by atoms with Crippen molar-refractivity contribution < 1.29 is 10.0 Å². The van der Waals surface area contributed by atoms with Crippen LogP contribution in [-0.4, -0.2) is 52.2 Å². The van der Waals surface area contributed by atoms with Crippen LogP contribution in [0, 0.1) is 5.92 Å². The summed E-state index contributed by atoms with van der Waals surface area (Å²) in [5.74, 6) is 0.953. The summed E-state index contributed by atoms with van der Waals surface area (Å²) in [5.41, 5.74) is 2.08. The third-order valence-electron chi connectivity index (χ3n) is 4.46. The number of nitrogens with zero attached hydrogens (tertiary/aromatic N) is 3. The molecule has 1 aliphatic carbocycles. The van der Waals surface area contributed by atoms with E-state index in [9.17, 15) is 4.79 Å². The average Bonchev–Trinajstić information content (AvgIpc) is 2.61. The number of carbonyl (C=O) groups is 1. The largest absolute Gasteiger partial charge is 0.365 e. The summed E-state index contributed by atoms with van der Waals surface area (Å²) in [4.78, 5) is 21.9. The van der Waals surface area contributed by atoms with Gasteiger partial charge in [0, 0.05) is 25.2 Å². The zero-order valence-electron chi connectivity index (χ0n) is 15.1. The molecule has 2 rings (SSSR count). The van der Waals surface area contributed by atoms with Crippen LogP contribution in [0.25, 0.3) is 6.08 Å². The smallest absolute Gasteiger partial charge is 0.267 e. The lowest BCUT2D eigenvalue weighted by atomic mass is 9.89. The van der Waals surface area contributed by atoms with Crippen LogP contribution in [0.15, 0.2) is 18.5 Å². The minimum absolute atomic E-state index is 0.268. The molecule has 1 saturated carbocycles. The number of aromatic nitrogens is 2. The van der Waals surface area contributed by atoms with E-state index >= 15 is 0 Å². The Morgan fingerprint density at radius 3 is 2.76 bits per heavy atom. The molecule has 0 unspecified atom stereocenters. The summed E-state index contributed by atoms with van der Waals surface area (Å²) >= 11 is 0. The third-order valence-corrected chi connectivity index (χ3v) is 4.46. The number of hydroxylamine groups is 1. The molecule has 1 aliphatic rings. The maximum Gasteiger partial charge on any atom is 0.267 e. The number of nitrogens with one attached hydrogen (secondary N) is 2. The molecule has 0 aromatic carbocycles. The van der Waals surface area contributed by atoms with Crippen LogP contribution in [-0.2, 0) is 4.79 Å². The highest BCUT2D eigenvalue weighted by Crippen LogP contribution is 2.24. The van der Waals surface area contributed by atoms with Crippen molar-refractivity contribution in [2.24, 2.45) is 5.92 Å². The molecule has 1 amide bonds. The predicted octanol–water partition coefficient (Wildman–Crippen LogP) is 2.31. The van der Waals surface area contributed by atoms with E-state index < -0.39 is 5.91 Å². The van der Waals surface area contributed by atoms with Gasteiger partial charge in [0.2, 0.25) is 0 Å². The topological polar surface area (TPSA) is 90.4 Å². The van der Waals surface area contributed by atoms with Crippen molar-refractivity contribution in [3.8, 4) is 0 Å². The first-order valence-electron chi connectivity index (χ1n) is 8.96. The number of carbonyl (C=O) groups excluding carboxylic acids is 1. The molecule has 7 nitrogen and oxygen atoms in total. The van der Waals surface area contributed by atoms with Crippen molar-refractivity contribution in [1.29, 1.82) is 0 Å². The Hall–Kier alpha value is -1.99. The average molecular weight is 347 g/mol. The monoisotopic (exact) mass is 347 g/mol. The second-order valence-electron chi connectivity index (χ2n) is 6.91. The molecule has 3 N–H and O–H groups in total. The van der Waals surface area contributed by atoms with Gasteiger partial charge in [-0.25, -0.2) is 10.5 Å². The minimum Gasteiger partial charge on any atom is -0.365 e. The fraction of sp³-hybridized carbons (Fsp3) is 0.611. The fourth-order valence-corrected chi connectivity index (χ4v) is 3.35. The van der Waals surface area contributed by atoms with Crippen molar-refractivity contribution in [3.63, 3.8) is 0 Å². The maximum atomic E-state index is 10.9. The van der Waals surface area contributed by atoms with Crippen molar-refractivity contribution in [1.82, 2.24) is 20.3 Å². The van der Waals surface area contributed by atoms with Crippen LogP contribution in [0.1, 0.15) is 44.7 Å². The van der Waals surface area contributed by atoms with Crippen LogP contribution in [0.5, 0.6) is 0 Å². The first kappa shape index (κ1) is 19.3. The molecular formula is C18H29N5O2. The Balaban J connectivity index is 1.76. The Labute approximate surface area is 149 Å². The molecule has 0 saturated heterocycles. The summed E-state index contributed by atoms with van der Waals surface area (Å²) < 4.78 is 0. The van der Waals surface area contributed by atoms with E-state index in [1.165, 1.54) is 49.7 Å². The lowest BCUT2D eigenvalue weighted by Crippen LogP contribution is -2.36. The van der Waals surface area contributed by atoms with Crippen molar-refractivity contribution in [2.45, 2.75) is 45.1 Å². The first-order chi connectivity index (χ1) is 12.1. The molecule has 138 valence electrons. The van der Waals surface area contributed by atoms with Crippen molar-refractivity contribution >= 4 is 17.8 Å². The van der Waals surface area contributed by atoms with Gasteiger partial charge in [-0.1, -0.05) is 19.3 Å². The summed E-state index contributed by atoms with van der Waals surface area (Å²) in [6.07, 6.45) is 12.8. The van der Waals surface area contributed by atoms with Crippen LogP contribution in [0.4, 0.5) is 5.82 Å². The quantitative estimate of drug-likeness (QED) is 0.380. The van der Waals surface area contributed by atoms with E-state index in [1.807, 2.05) is 0 Å². The number of amides is 1. The van der Waals surface area contributed by atoms with Crippen molar-refractivity contribution in [3.05, 3.63) is 24.2 Å². The standard InChI is InChI=1S/C18H29N5O2/c1-14(12-23(2)13-15-6-4-3-5-7-15)21-17-11-19-16(10-20-17)8-9-18(24)22-25/h8-11,14-15,25H,3-7,12-13H2,1-2H3,(H,20,21)(H,22,24)/b9-8+/t14-/m1/s1. The molecule has 1 aromatic rings. The number of hydrogen-bond acceptors (Lipinski definition) is 6. The van der Waals surface area contributed by atoms with Crippen LogP contribution in [0.3, 0.4) is 0 Å². The van der Waals surface area contributed by atoms with E-state index in [2.05, 4.69) is 34.2 Å². The van der Waals surface area contributed by atoms with Gasteiger partial charge in [0.25, 0.3) is 5.91 Å². The van der Waals surface area contributed by atoms with E-state index in [1.54, 1.807) is 12.4 Å². The normalized spacial score (nSPS) is 17.0. The predicted molar refractivity (Wildman–Crippen MR) is 98.2 cm³/mol. The highest BCUT2D eigenvalue weighted by atomic mass is 16.5. The number of anilines is 1. The van der Waals surface area contributed by atoms with E-state index in [0.29, 0.717) is 11.5 Å². The third kappa shape index (κ3) is 7.19. The molecular weight excluding hydrogens is 318 g/mol. The van der Waals surface area contributed by atoms with E-state index in [0.717, 1.165) is 19.0 Å². The molecule has 0 aliphatic heterocycles. The molecule has 0 spiro atoms. The van der Waals surface area contributed by atoms with Crippen LogP contribution < -0.4 is 10.8 Å². The zero-order chi connectivity index (χ0) is 18.1. The Kier molecular flexibility index (Phi) is 7.81. The first-order valence-corrected chi connectivity index (χ1v) is 8.96. The maximum absolute atomic E-state index is 10.9. The van der Waals surface area contributed by atoms with Crippen molar-refractivity contribution in [2.75, 3.05) is 25.5 Å². The lowest BCUT2D eigenvalue weighted by molar-refractivity contribution is -0.124. The van der Waals surface area contributed by atoms with Gasteiger partial charge in [-0.05, 0) is 38.8 Å². The summed E-state index contributed by atoms with van der Waals surface area (Å²) in [7, 11) is 2.18. The molecule has 0 radical (unpaired) electrons. The Morgan fingerprint density at radius 1 is 1.36 bits per heavy atom. The summed E-state index contributed by atoms with van der Waals surface area (Å²) in [5, 5.41) is 11.8. The number of rotatable bonds is 8. The highest BCUT2D eigenvalue weighted by Gasteiger charge is 2.16. The zero-order valence-corrected chi connectivity index (χ0v) is 15.1. The van der Waals surface area contributed by atoms with Gasteiger partial charge >= 0.3 is 0 Å². The number of hydrogen-bond donors (Lipinski definition) is 3. The summed E-state index contributed by atoms with van der Waals surface area (Å²) in [6.45, 7) is 4.25. The Bertz CT molecular complexity index is 555. The van der Waals surface area contributed by atoms with Gasteiger partial charge in [-0.3, -0.25) is 15.0 Å². The SMILES string of the molecule is C[C@H](CN(C)CC1CCCCC1)Nc1cnc(/C=C/C(=O)NO)cn1. The van der Waals surface area contributed by atoms with Gasteiger partial charge < -0.3 is 10.2 Å². The minimum atomic E-state index is -0.598. The van der Waals surface area contributed by atoms with Crippen LogP contribution in [0.2, 0.25) is 0 Å². The highest BCUT2D eigenvalue weighted by molar-refractivity contribution is 5.90. The second-order valence-corrected chi connectivity index (χ2v) is 6.91. The molecule has 1 heterocycles. The van der Waals surface area contributed by atoms with E-state index in [4.69, 9.17) is 5.21 Å². The molecule has 1 fully saturated rings. The molecule has 1 aromatic heterocycles. The van der Waals surface area contributed by atoms with Crippen LogP contribution >= 0.6 is 0 Å². The number of likely N-dealkylation sites (N-methyl/N-ethyl adjacent to an activating group) is 1. The summed E-state index contributed by atoms with van der Waals surface area (Å²) in [6, 6.07) is 0.268. The van der Waals surface area contributed by atoms with Gasteiger partial charge in [0.15, 0.2) is 0 Å². The van der Waals surface area contributed by atoms with Gasteiger partial charge in [-0.15, -0.1) is 0 Å². The van der Waals surface area contributed by atoms with Gasteiger partial charge in [0.05, 0.1) is 18.1 Å². The molecule has 25 heavy (non-hydrogen) atoms. The lowest BCUT2D eigenvalue weighted by Gasteiger charge is -2.29. The van der Waals surface area contributed by atoms with E-state index in [-0.39, 0.29) is 6.04 Å². The Morgan fingerprint density at radius 2 is 2.12 bits per heavy atom. The van der Waals surface area contributed by atoms with Gasteiger partial charge in [0.1, 0.15) is 5.82 Å². The molecule has 7 heteroatoms. The molecule has 0 bridgehead atoms. The fourth-order valence-electron chi connectivity index (χ4n) is 3.35. The second kappa shape index (κ2) is 10.1. The van der Waals surface area contributed by atoms with Gasteiger partial charge in [-0.2, -0.15) is 0 Å².